The zero-order chi connectivity index (χ0) is 24.7. The number of fused-ring (bicyclic) bond motifs is 3. The van der Waals surface area contributed by atoms with Gasteiger partial charge in [0.05, 0.1) is 29.3 Å². The monoisotopic (exact) mass is 459 g/mol. The van der Waals surface area contributed by atoms with Crippen molar-refractivity contribution in [3.63, 3.8) is 0 Å². The van der Waals surface area contributed by atoms with Crippen LogP contribution in [-0.4, -0.2) is 79.7 Å². The molecule has 1 aromatic carbocycles. The first kappa shape index (κ1) is 22.8. The van der Waals surface area contributed by atoms with Gasteiger partial charge in [0.15, 0.2) is 11.4 Å². The predicted octanol–water partition coefficient (Wildman–Crippen LogP) is -0.922. The molecule has 0 aromatic heterocycles. The summed E-state index contributed by atoms with van der Waals surface area (Å²) in [5.74, 6) is -9.34. The Morgan fingerprint density at radius 3 is 2.30 bits per heavy atom. The predicted molar refractivity (Wildman–Crippen MR) is 115 cm³/mol. The van der Waals surface area contributed by atoms with Gasteiger partial charge in [0.1, 0.15) is 22.8 Å². The van der Waals surface area contributed by atoms with Crippen molar-refractivity contribution in [1.29, 1.82) is 0 Å². The van der Waals surface area contributed by atoms with Crippen LogP contribution < -0.4 is 11.5 Å². The Hall–Kier alpha value is -3.41. The second-order valence-electron chi connectivity index (χ2n) is 9.02. The fraction of sp³-hybridized carbons (Fsp3) is 0.409. The Bertz CT molecular complexity index is 1190. The van der Waals surface area contributed by atoms with E-state index in [1.807, 2.05) is 0 Å². The topological polar surface area (TPSA) is 208 Å². The summed E-state index contributed by atoms with van der Waals surface area (Å²) >= 11 is 0. The minimum absolute atomic E-state index is 0.0679. The number of phenolic OH excluding ortho intramolecular Hbond substituents is 1. The lowest BCUT2D eigenvalue weighted by Crippen LogP contribution is -2.70. The molecular weight excluding hydrogens is 434 g/mol. The maximum Gasteiger partial charge on any atom is 0.255 e. The number of hydrogen-bond acceptors (Lipinski definition) is 10. The standard InChI is InChI=1S/C22H25N3O8/c1-6-7-4-5-8(23)15(26)10(7)16(27)11-9(6)17(28)13-14(25(2)3)18(29)12(21(24)32)20(31)22(13,33)19(11)30/h4-6,9,13-14,17,26-28,31,33H,23H2,1-3H3,(H2,24,32)/t6-,9+,13+,14-,17-,22-/m1/s1. The first-order valence-electron chi connectivity index (χ1n) is 10.2. The molecule has 3 aliphatic carbocycles. The van der Waals surface area contributed by atoms with Crippen LogP contribution >= 0.6 is 0 Å². The van der Waals surface area contributed by atoms with Gasteiger partial charge in [0.2, 0.25) is 5.78 Å². The smallest absolute Gasteiger partial charge is 0.255 e. The van der Waals surface area contributed by atoms with E-state index in [0.717, 1.165) is 0 Å². The Kier molecular flexibility index (Phi) is 4.86. The molecule has 4 rings (SSSR count). The molecule has 0 bridgehead atoms. The van der Waals surface area contributed by atoms with E-state index in [2.05, 4.69) is 0 Å². The van der Waals surface area contributed by atoms with Gasteiger partial charge < -0.3 is 37.0 Å². The van der Waals surface area contributed by atoms with Crippen molar-refractivity contribution in [2.75, 3.05) is 19.8 Å². The number of benzene rings is 1. The lowest BCUT2D eigenvalue weighted by molar-refractivity contribution is -0.169. The van der Waals surface area contributed by atoms with Crippen molar-refractivity contribution >= 4 is 28.9 Å². The number of nitrogen functional groups attached to an aromatic ring is 1. The van der Waals surface area contributed by atoms with Gasteiger partial charge in [-0.25, -0.2) is 0 Å². The van der Waals surface area contributed by atoms with Gasteiger partial charge >= 0.3 is 0 Å². The lowest BCUT2D eigenvalue weighted by atomic mass is 9.54. The van der Waals surface area contributed by atoms with Crippen LogP contribution in [0.1, 0.15) is 24.0 Å². The largest absolute Gasteiger partial charge is 0.508 e. The molecule has 1 aromatic rings. The van der Waals surface area contributed by atoms with Crippen LogP contribution in [0, 0.1) is 11.8 Å². The SMILES string of the molecule is C[C@@H]1c2ccc(N)c(O)c2C(O)=C2C(=O)[C@@]3(O)C(O)=C(C(N)=O)C(=O)[C@H](N(C)C)[C@H]3[C@H](O)[C@H]21. The maximum atomic E-state index is 13.7. The van der Waals surface area contributed by atoms with Crippen molar-refractivity contribution in [2.24, 2.45) is 17.6 Å². The third-order valence-corrected chi connectivity index (χ3v) is 7.16. The molecule has 11 heteroatoms. The number of carbonyl (C=O) groups excluding carboxylic acids is 3. The second kappa shape index (κ2) is 7.04. The summed E-state index contributed by atoms with van der Waals surface area (Å²) < 4.78 is 0. The highest BCUT2D eigenvalue weighted by molar-refractivity contribution is 6.24. The molecule has 1 saturated carbocycles. The third kappa shape index (κ3) is 2.63. The minimum atomic E-state index is -2.93. The molecular formula is C22H25N3O8. The number of aliphatic hydroxyl groups excluding tert-OH is 3. The lowest BCUT2D eigenvalue weighted by Gasteiger charge is -2.53. The van der Waals surface area contributed by atoms with Crippen molar-refractivity contribution in [1.82, 2.24) is 4.90 Å². The number of rotatable bonds is 2. The molecule has 0 unspecified atom stereocenters. The van der Waals surface area contributed by atoms with Crippen LogP contribution in [0.15, 0.2) is 29.0 Å². The number of aliphatic hydroxyl groups is 4. The second-order valence-corrected chi connectivity index (χ2v) is 9.02. The number of aromatic hydroxyl groups is 1. The van der Waals surface area contributed by atoms with E-state index in [4.69, 9.17) is 11.5 Å². The van der Waals surface area contributed by atoms with Gasteiger partial charge in [-0.05, 0) is 31.6 Å². The molecule has 1 amide bonds. The maximum absolute atomic E-state index is 13.7. The summed E-state index contributed by atoms with van der Waals surface area (Å²) in [5, 5.41) is 55.2. The number of amides is 1. The molecule has 3 aliphatic rings. The van der Waals surface area contributed by atoms with E-state index >= 15 is 0 Å². The van der Waals surface area contributed by atoms with Crippen LogP contribution in [0.25, 0.3) is 5.76 Å². The molecule has 0 saturated heterocycles. The minimum Gasteiger partial charge on any atom is -0.508 e. The zero-order valence-corrected chi connectivity index (χ0v) is 18.1. The number of hydrogen-bond donors (Lipinski definition) is 7. The number of ketones is 2. The summed E-state index contributed by atoms with van der Waals surface area (Å²) in [6.45, 7) is 1.65. The van der Waals surface area contributed by atoms with Crippen LogP contribution in [-0.2, 0) is 14.4 Å². The Balaban J connectivity index is 2.07. The van der Waals surface area contributed by atoms with E-state index in [1.54, 1.807) is 6.92 Å². The molecule has 0 radical (unpaired) electrons. The number of nitrogens with zero attached hydrogens (tertiary/aromatic N) is 1. The van der Waals surface area contributed by atoms with E-state index in [1.165, 1.54) is 31.1 Å². The molecule has 11 nitrogen and oxygen atoms in total. The van der Waals surface area contributed by atoms with Crippen molar-refractivity contribution in [2.45, 2.75) is 30.6 Å². The number of likely N-dealkylation sites (N-methyl/N-ethyl adjacent to an activating group) is 1. The van der Waals surface area contributed by atoms with E-state index in [9.17, 15) is 39.9 Å². The van der Waals surface area contributed by atoms with Gasteiger partial charge in [0, 0.05) is 11.5 Å². The van der Waals surface area contributed by atoms with Crippen LogP contribution in [0.2, 0.25) is 0 Å². The number of primary amides is 1. The average Bonchev–Trinajstić information content (AvgIpc) is 2.72. The fourth-order valence-electron chi connectivity index (χ4n) is 5.63. The molecule has 33 heavy (non-hydrogen) atoms. The summed E-state index contributed by atoms with van der Waals surface area (Å²) in [5.41, 5.74) is 6.86. The van der Waals surface area contributed by atoms with E-state index in [-0.39, 0.29) is 11.3 Å². The van der Waals surface area contributed by atoms with E-state index < -0.39 is 81.4 Å². The Morgan fingerprint density at radius 1 is 1.15 bits per heavy atom. The highest BCUT2D eigenvalue weighted by atomic mass is 16.4. The van der Waals surface area contributed by atoms with Gasteiger partial charge in [-0.2, -0.15) is 0 Å². The molecule has 0 heterocycles. The van der Waals surface area contributed by atoms with Gasteiger partial charge in [-0.1, -0.05) is 13.0 Å². The first-order valence-corrected chi connectivity index (χ1v) is 10.2. The quantitative estimate of drug-likeness (QED) is 0.164. The molecule has 1 fully saturated rings. The number of nitrogens with two attached hydrogens (primary N) is 2. The fourth-order valence-corrected chi connectivity index (χ4v) is 5.63. The normalized spacial score (nSPS) is 33.7. The summed E-state index contributed by atoms with van der Waals surface area (Å²) in [6.07, 6.45) is -1.62. The number of anilines is 1. The van der Waals surface area contributed by atoms with Crippen LogP contribution in [0.5, 0.6) is 5.75 Å². The summed E-state index contributed by atoms with van der Waals surface area (Å²) in [4.78, 5) is 40.0. The third-order valence-electron chi connectivity index (χ3n) is 7.16. The van der Waals surface area contributed by atoms with E-state index in [0.29, 0.717) is 5.56 Å². The summed E-state index contributed by atoms with van der Waals surface area (Å²) in [7, 11) is 2.90. The Morgan fingerprint density at radius 2 is 1.76 bits per heavy atom. The molecule has 0 spiro atoms. The van der Waals surface area contributed by atoms with Crippen molar-refractivity contribution < 1.29 is 39.9 Å². The highest BCUT2D eigenvalue weighted by Gasteiger charge is 2.68. The molecule has 0 aliphatic heterocycles. The summed E-state index contributed by atoms with van der Waals surface area (Å²) in [6, 6.07) is 1.57. The highest BCUT2D eigenvalue weighted by Crippen LogP contribution is 2.56. The van der Waals surface area contributed by atoms with Crippen LogP contribution in [0.4, 0.5) is 5.69 Å². The molecule has 9 N–H and O–H groups in total. The van der Waals surface area contributed by atoms with Crippen molar-refractivity contribution in [3.8, 4) is 5.75 Å². The molecule has 6 atom stereocenters. The number of carbonyl (C=O) groups is 3. The van der Waals surface area contributed by atoms with Gasteiger partial charge in [0.25, 0.3) is 5.91 Å². The van der Waals surface area contributed by atoms with Gasteiger partial charge in [-0.3, -0.25) is 19.3 Å². The zero-order valence-electron chi connectivity index (χ0n) is 18.1. The van der Waals surface area contributed by atoms with Gasteiger partial charge in [-0.15, -0.1) is 0 Å². The van der Waals surface area contributed by atoms with Crippen LogP contribution in [0.3, 0.4) is 0 Å². The van der Waals surface area contributed by atoms with Crippen molar-refractivity contribution in [3.05, 3.63) is 40.2 Å². The molecule has 176 valence electrons. The first-order chi connectivity index (χ1) is 15.3. The average molecular weight is 459 g/mol. The Labute approximate surface area is 188 Å². The number of phenols is 1. The number of Topliss-reactive ketones (excluding diaryl/α,β-unsaturated/α-hetero) is 2.